The second-order valence-corrected chi connectivity index (χ2v) is 14.9. The van der Waals surface area contributed by atoms with Crippen LogP contribution in [0, 0.1) is 0 Å². The lowest BCUT2D eigenvalue weighted by atomic mass is 9.85. The van der Waals surface area contributed by atoms with Crippen LogP contribution in [-0.2, 0) is 20.2 Å². The highest BCUT2D eigenvalue weighted by Gasteiger charge is 2.30. The molecule has 3 atom stereocenters. The van der Waals surface area contributed by atoms with Crippen molar-refractivity contribution in [3.8, 4) is 5.75 Å². The van der Waals surface area contributed by atoms with Crippen LogP contribution in [0.15, 0.2) is 60.8 Å². The number of carbonyl (C=O) groups is 1. The van der Waals surface area contributed by atoms with Crippen LogP contribution in [0.4, 0.5) is 16.2 Å². The zero-order valence-electron chi connectivity index (χ0n) is 26.8. The molecular weight excluding hydrogens is 606 g/mol. The van der Waals surface area contributed by atoms with Crippen LogP contribution in [0.3, 0.4) is 0 Å². The molecule has 13 heteroatoms. The molecule has 0 bridgehead atoms. The predicted octanol–water partition coefficient (Wildman–Crippen LogP) is 5.18. The molecule has 2 aromatic heterocycles. The minimum atomic E-state index is -3.49. The Morgan fingerprint density at radius 2 is 1.78 bits per heavy atom. The number of fused-ring (bicyclic) bond motifs is 2. The molecule has 12 nitrogen and oxygen atoms in total. The van der Waals surface area contributed by atoms with Gasteiger partial charge < -0.3 is 20.1 Å². The highest BCUT2D eigenvalue weighted by Crippen LogP contribution is 2.39. The number of sulfonamides is 1. The number of morpholine rings is 1. The van der Waals surface area contributed by atoms with Crippen molar-refractivity contribution in [1.29, 1.82) is 0 Å². The number of hydrogen-bond acceptors (Lipinski definition) is 8. The Labute approximate surface area is 269 Å². The molecule has 2 amide bonds. The molecule has 1 aliphatic heterocycles. The minimum Gasteiger partial charge on any atom is -0.484 e. The predicted molar refractivity (Wildman–Crippen MR) is 177 cm³/mol. The summed E-state index contributed by atoms with van der Waals surface area (Å²) in [5, 5.41) is 14.9. The van der Waals surface area contributed by atoms with Gasteiger partial charge in [0.15, 0.2) is 11.5 Å². The summed E-state index contributed by atoms with van der Waals surface area (Å²) >= 11 is 0. The van der Waals surface area contributed by atoms with Crippen molar-refractivity contribution in [3.63, 3.8) is 0 Å². The zero-order chi connectivity index (χ0) is 32.6. The molecule has 1 fully saturated rings. The maximum absolute atomic E-state index is 13.3. The van der Waals surface area contributed by atoms with Crippen molar-refractivity contribution >= 4 is 33.1 Å². The first-order chi connectivity index (χ1) is 21.8. The molecule has 0 spiro atoms. The van der Waals surface area contributed by atoms with Crippen molar-refractivity contribution in [1.82, 2.24) is 24.8 Å². The van der Waals surface area contributed by atoms with Gasteiger partial charge in [0.2, 0.25) is 10.0 Å². The van der Waals surface area contributed by atoms with Crippen LogP contribution >= 0.6 is 0 Å². The fourth-order valence-electron chi connectivity index (χ4n) is 6.06. The molecule has 2 aliphatic rings. The van der Waals surface area contributed by atoms with Crippen LogP contribution in [0.1, 0.15) is 74.3 Å². The summed E-state index contributed by atoms with van der Waals surface area (Å²) in [6, 6.07) is 16.5. The van der Waals surface area contributed by atoms with E-state index in [2.05, 4.69) is 37.5 Å². The molecule has 1 unspecified atom stereocenters. The first kappa shape index (κ1) is 31.8. The number of urea groups is 1. The largest absolute Gasteiger partial charge is 0.484 e. The quantitative estimate of drug-likeness (QED) is 0.250. The van der Waals surface area contributed by atoms with Gasteiger partial charge in [-0.25, -0.2) is 13.2 Å². The van der Waals surface area contributed by atoms with E-state index in [4.69, 9.17) is 9.47 Å². The second-order valence-electron chi connectivity index (χ2n) is 13.1. The number of nitrogens with zero attached hydrogens (tertiary/aromatic N) is 4. The Bertz CT molecular complexity index is 1850. The van der Waals surface area contributed by atoms with Gasteiger partial charge in [0.1, 0.15) is 11.9 Å². The van der Waals surface area contributed by atoms with E-state index in [1.807, 2.05) is 73.8 Å². The van der Waals surface area contributed by atoms with E-state index >= 15 is 0 Å². The number of carbonyl (C=O) groups excluding carboxylic acids is 1. The summed E-state index contributed by atoms with van der Waals surface area (Å²) in [7, 11) is -1.43. The van der Waals surface area contributed by atoms with Gasteiger partial charge >= 0.3 is 6.03 Å². The molecule has 46 heavy (non-hydrogen) atoms. The smallest absolute Gasteiger partial charge is 0.319 e. The number of rotatable bonds is 7. The van der Waals surface area contributed by atoms with Gasteiger partial charge in [-0.2, -0.15) is 0 Å². The van der Waals surface area contributed by atoms with Gasteiger partial charge in [0.25, 0.3) is 0 Å². The zero-order valence-corrected chi connectivity index (χ0v) is 27.6. The Morgan fingerprint density at radius 1 is 1.02 bits per heavy atom. The monoisotopic (exact) mass is 647 g/mol. The molecule has 1 aliphatic carbocycles. The van der Waals surface area contributed by atoms with E-state index in [1.54, 1.807) is 12.1 Å². The second kappa shape index (κ2) is 12.5. The molecule has 0 saturated carbocycles. The maximum atomic E-state index is 13.3. The van der Waals surface area contributed by atoms with Crippen molar-refractivity contribution in [2.75, 3.05) is 43.1 Å². The summed E-state index contributed by atoms with van der Waals surface area (Å²) in [6.45, 7) is 8.17. The number of aromatic nitrogens is 3. The molecule has 2 aromatic carbocycles. The number of likely N-dealkylation sites (N-methyl/N-ethyl adjacent to an activating group) is 1. The van der Waals surface area contributed by atoms with Gasteiger partial charge in [0.05, 0.1) is 43.4 Å². The summed E-state index contributed by atoms with van der Waals surface area (Å²) in [5.41, 5.74) is 4.26. The van der Waals surface area contributed by atoms with Crippen LogP contribution < -0.4 is 20.1 Å². The third kappa shape index (κ3) is 7.11. The molecule has 4 aromatic rings. The molecule has 244 valence electrons. The molecule has 1 saturated heterocycles. The van der Waals surface area contributed by atoms with Crippen molar-refractivity contribution in [3.05, 3.63) is 83.3 Å². The van der Waals surface area contributed by atoms with Crippen molar-refractivity contribution in [2.24, 2.45) is 0 Å². The van der Waals surface area contributed by atoms with Gasteiger partial charge in [-0.05, 0) is 72.3 Å². The Hall–Kier alpha value is -4.20. The normalized spacial score (nSPS) is 20.6. The summed E-state index contributed by atoms with van der Waals surface area (Å²) < 4.78 is 40.6. The number of benzene rings is 2. The average Bonchev–Trinajstić information content (AvgIpc) is 3.40. The topological polar surface area (TPSA) is 139 Å². The Kier molecular flexibility index (Phi) is 8.66. The number of nitrogens with one attached hydrogen (secondary N) is 3. The van der Waals surface area contributed by atoms with Gasteiger partial charge in [-0.15, -0.1) is 10.2 Å². The third-order valence-electron chi connectivity index (χ3n) is 8.48. The van der Waals surface area contributed by atoms with Crippen molar-refractivity contribution < 1.29 is 22.7 Å². The van der Waals surface area contributed by atoms with E-state index < -0.39 is 10.0 Å². The Morgan fingerprint density at radius 3 is 2.52 bits per heavy atom. The molecule has 0 radical (unpaired) electrons. The number of ether oxygens (including phenoxy) is 2. The average molecular weight is 648 g/mol. The standard InChI is InChI=1S/C33H41N7O5S/c1-33(2,3)21-16-22(18-23(17-21)38-46(5,42)43)34-32(41)35-27-11-12-29(26-9-7-6-8-25(26)27)45-24-10-13-30-36-37-31(40(30)19-24)28-20-44-15-14-39(28)4/h6-10,13,16-19,27-29,38H,11-12,14-15,20H2,1-5H3,(H2,34,35,41)/t27-,28?,29+/m0/s1. The fraction of sp³-hybridized carbons (Fsp3) is 0.424. The Balaban J connectivity index is 1.18. The van der Waals surface area contributed by atoms with E-state index in [0.29, 0.717) is 43.2 Å². The van der Waals surface area contributed by atoms with E-state index in [1.165, 1.54) is 0 Å². The van der Waals surface area contributed by atoms with E-state index in [9.17, 15) is 13.2 Å². The van der Waals surface area contributed by atoms with Gasteiger partial charge in [-0.3, -0.25) is 14.0 Å². The van der Waals surface area contributed by atoms with Gasteiger partial charge in [-0.1, -0.05) is 45.0 Å². The number of amides is 2. The fourth-order valence-corrected chi connectivity index (χ4v) is 6.61. The van der Waals surface area contributed by atoms with Crippen LogP contribution in [0.2, 0.25) is 0 Å². The lowest BCUT2D eigenvalue weighted by Crippen LogP contribution is -2.37. The van der Waals surface area contributed by atoms with Crippen LogP contribution in [0.5, 0.6) is 5.75 Å². The first-order valence-electron chi connectivity index (χ1n) is 15.4. The molecule has 6 rings (SSSR count). The summed E-state index contributed by atoms with van der Waals surface area (Å²) in [6.07, 6.45) is 4.19. The van der Waals surface area contributed by atoms with Crippen LogP contribution in [-0.4, -0.2) is 67.0 Å². The molecular formula is C33H41N7O5S. The SMILES string of the molecule is CN1CCOCC1c1nnc2ccc(O[C@@H]3CC[C@H](NC(=O)Nc4cc(NS(C)(=O)=O)cc(C(C)(C)C)c4)c4ccccc43)cn12. The highest BCUT2D eigenvalue weighted by molar-refractivity contribution is 7.92. The number of anilines is 2. The van der Waals surface area contributed by atoms with E-state index in [-0.39, 0.29) is 29.6 Å². The number of hydrogen-bond donors (Lipinski definition) is 3. The van der Waals surface area contributed by atoms with Gasteiger partial charge in [0, 0.05) is 12.2 Å². The number of pyridine rings is 1. The van der Waals surface area contributed by atoms with E-state index in [0.717, 1.165) is 41.0 Å². The first-order valence-corrected chi connectivity index (χ1v) is 17.3. The lowest BCUT2D eigenvalue weighted by Gasteiger charge is -2.32. The maximum Gasteiger partial charge on any atom is 0.319 e. The highest BCUT2D eigenvalue weighted by atomic mass is 32.2. The van der Waals surface area contributed by atoms with Crippen LogP contribution in [0.25, 0.3) is 5.65 Å². The minimum absolute atomic E-state index is 0.00542. The molecule has 3 heterocycles. The molecule has 3 N–H and O–H groups in total. The third-order valence-corrected chi connectivity index (χ3v) is 9.08. The summed E-state index contributed by atoms with van der Waals surface area (Å²) in [5.74, 6) is 1.52. The lowest BCUT2D eigenvalue weighted by molar-refractivity contribution is 0.00144. The van der Waals surface area contributed by atoms with Crippen molar-refractivity contribution in [2.45, 2.75) is 57.2 Å². The summed E-state index contributed by atoms with van der Waals surface area (Å²) in [4.78, 5) is 15.5.